The fourth-order valence-corrected chi connectivity index (χ4v) is 3.89. The van der Waals surface area contributed by atoms with Gasteiger partial charge in [0.15, 0.2) is 0 Å². The van der Waals surface area contributed by atoms with E-state index in [1.54, 1.807) is 16.0 Å². The molecule has 3 heteroatoms. The quantitative estimate of drug-likeness (QED) is 0.784. The minimum Gasteiger partial charge on any atom is -0.378 e. The normalized spacial score (nSPS) is 22.2. The molecule has 3 heterocycles. The number of ether oxygens (including phenoxy) is 1. The molecule has 0 amide bonds. The maximum absolute atomic E-state index is 5.28. The first-order valence-corrected chi connectivity index (χ1v) is 7.04. The molecule has 0 unspecified atom stereocenters. The van der Waals surface area contributed by atoms with Gasteiger partial charge in [-0.15, -0.1) is 11.3 Å². The average molecular weight is 237 g/mol. The van der Waals surface area contributed by atoms with Gasteiger partial charge in [0, 0.05) is 18.0 Å². The zero-order valence-corrected chi connectivity index (χ0v) is 10.8. The van der Waals surface area contributed by atoms with Crippen LogP contribution in [0.2, 0.25) is 0 Å². The number of nitrogens with zero attached hydrogens (tertiary/aromatic N) is 1. The highest BCUT2D eigenvalue weighted by Crippen LogP contribution is 2.34. The number of fused-ring (bicyclic) bond motifs is 1. The van der Waals surface area contributed by atoms with Crippen LogP contribution in [0.25, 0.3) is 0 Å². The van der Waals surface area contributed by atoms with E-state index in [-0.39, 0.29) is 0 Å². The molecule has 0 N–H and O–H groups in total. The Balaban J connectivity index is 1.79. The number of thiophene rings is 1. The molecule has 0 radical (unpaired) electrons. The topological polar surface area (TPSA) is 12.5 Å². The molecule has 0 saturated carbocycles. The summed E-state index contributed by atoms with van der Waals surface area (Å²) in [6.07, 6.45) is 1.24. The van der Waals surface area contributed by atoms with Crippen LogP contribution in [0.4, 0.5) is 0 Å². The molecule has 0 aromatic carbocycles. The van der Waals surface area contributed by atoms with Crippen molar-refractivity contribution in [2.24, 2.45) is 0 Å². The largest absolute Gasteiger partial charge is 0.378 e. The smallest absolute Gasteiger partial charge is 0.0645 e. The Morgan fingerprint density at radius 3 is 2.88 bits per heavy atom. The maximum atomic E-state index is 5.28. The molecule has 2 aliphatic rings. The van der Waals surface area contributed by atoms with Crippen molar-refractivity contribution in [2.45, 2.75) is 38.8 Å². The van der Waals surface area contributed by atoms with Crippen molar-refractivity contribution in [3.8, 4) is 0 Å². The zero-order chi connectivity index (χ0) is 11.1. The summed E-state index contributed by atoms with van der Waals surface area (Å²) in [5.74, 6) is 0.679. The van der Waals surface area contributed by atoms with Gasteiger partial charge in [0.1, 0.15) is 0 Å². The Morgan fingerprint density at radius 1 is 1.44 bits per heavy atom. The van der Waals surface area contributed by atoms with Crippen LogP contribution in [0, 0.1) is 0 Å². The van der Waals surface area contributed by atoms with Crippen molar-refractivity contribution in [1.82, 2.24) is 4.90 Å². The third-order valence-electron chi connectivity index (χ3n) is 3.77. The van der Waals surface area contributed by atoms with Gasteiger partial charge in [-0.25, -0.2) is 0 Å². The Kier molecular flexibility index (Phi) is 2.78. The van der Waals surface area contributed by atoms with Crippen LogP contribution < -0.4 is 0 Å². The van der Waals surface area contributed by atoms with Crippen LogP contribution in [0.15, 0.2) is 5.38 Å². The first kappa shape index (κ1) is 10.8. The predicted octanol–water partition coefficient (Wildman–Crippen LogP) is 2.63. The predicted molar refractivity (Wildman–Crippen MR) is 67.1 cm³/mol. The van der Waals surface area contributed by atoms with E-state index in [9.17, 15) is 0 Å². The standard InChI is InChI=1S/C13H19NOS/c1-9(2)12-8-16-13-5-14(4-3-11(12)13)10-6-15-7-10/h8-10H,3-7H2,1-2H3. The van der Waals surface area contributed by atoms with Crippen LogP contribution in [0.5, 0.6) is 0 Å². The summed E-state index contributed by atoms with van der Waals surface area (Å²) in [7, 11) is 0. The molecule has 1 saturated heterocycles. The molecule has 2 aliphatic heterocycles. The van der Waals surface area contributed by atoms with Gasteiger partial charge in [0.25, 0.3) is 0 Å². The highest BCUT2D eigenvalue weighted by molar-refractivity contribution is 7.10. The van der Waals surface area contributed by atoms with Crippen LogP contribution in [0.3, 0.4) is 0 Å². The van der Waals surface area contributed by atoms with Gasteiger partial charge in [-0.3, -0.25) is 4.90 Å². The lowest BCUT2D eigenvalue weighted by molar-refractivity contribution is -0.0691. The van der Waals surface area contributed by atoms with E-state index < -0.39 is 0 Å². The van der Waals surface area contributed by atoms with Crippen molar-refractivity contribution >= 4 is 11.3 Å². The Bertz CT molecular complexity index is 381. The molecule has 0 bridgehead atoms. The summed E-state index contributed by atoms with van der Waals surface area (Å²) < 4.78 is 5.28. The Labute approximate surface area is 101 Å². The van der Waals surface area contributed by atoms with Crippen LogP contribution in [0.1, 0.15) is 35.8 Å². The fraction of sp³-hybridized carbons (Fsp3) is 0.692. The SMILES string of the molecule is CC(C)c1csc2c1CCN(C1COC1)C2. The van der Waals surface area contributed by atoms with Crippen molar-refractivity contribution in [3.05, 3.63) is 21.4 Å². The second-order valence-corrected chi connectivity index (χ2v) is 6.12. The molecule has 1 fully saturated rings. The van der Waals surface area contributed by atoms with Gasteiger partial charge in [0.2, 0.25) is 0 Å². The summed E-state index contributed by atoms with van der Waals surface area (Å²) in [5, 5.41) is 2.37. The number of hydrogen-bond acceptors (Lipinski definition) is 3. The van der Waals surface area contributed by atoms with E-state index in [2.05, 4.69) is 24.1 Å². The molecule has 2 nitrogen and oxygen atoms in total. The van der Waals surface area contributed by atoms with Crippen LogP contribution in [-0.2, 0) is 17.7 Å². The Morgan fingerprint density at radius 2 is 2.25 bits per heavy atom. The molecular weight excluding hydrogens is 218 g/mol. The van der Waals surface area contributed by atoms with Gasteiger partial charge >= 0.3 is 0 Å². The van der Waals surface area contributed by atoms with Crippen molar-refractivity contribution in [3.63, 3.8) is 0 Å². The molecule has 1 aromatic heterocycles. The van der Waals surface area contributed by atoms with E-state index in [1.165, 1.54) is 13.0 Å². The van der Waals surface area contributed by atoms with Crippen LogP contribution >= 0.6 is 11.3 Å². The maximum Gasteiger partial charge on any atom is 0.0645 e. The third kappa shape index (κ3) is 1.71. The van der Waals surface area contributed by atoms with Gasteiger partial charge in [0.05, 0.1) is 19.3 Å². The highest BCUT2D eigenvalue weighted by atomic mass is 32.1. The number of rotatable bonds is 2. The zero-order valence-electron chi connectivity index (χ0n) is 10.0. The lowest BCUT2D eigenvalue weighted by atomic mass is 9.95. The minimum absolute atomic E-state index is 0.679. The average Bonchev–Trinajstić information content (AvgIpc) is 2.57. The molecular formula is C13H19NOS. The van der Waals surface area contributed by atoms with Gasteiger partial charge in [-0.1, -0.05) is 13.8 Å². The second kappa shape index (κ2) is 4.13. The van der Waals surface area contributed by atoms with Gasteiger partial charge in [-0.05, 0) is 28.8 Å². The third-order valence-corrected chi connectivity index (χ3v) is 4.80. The van der Waals surface area contributed by atoms with Crippen LogP contribution in [-0.4, -0.2) is 30.7 Å². The first-order valence-electron chi connectivity index (χ1n) is 6.16. The highest BCUT2D eigenvalue weighted by Gasteiger charge is 2.30. The first-order chi connectivity index (χ1) is 7.75. The molecule has 1 aromatic rings. The summed E-state index contributed by atoms with van der Waals surface area (Å²) in [4.78, 5) is 4.19. The van der Waals surface area contributed by atoms with Gasteiger partial charge < -0.3 is 4.74 Å². The lowest BCUT2D eigenvalue weighted by Gasteiger charge is -2.39. The van der Waals surface area contributed by atoms with E-state index in [1.807, 2.05) is 11.3 Å². The summed E-state index contributed by atoms with van der Waals surface area (Å²) >= 11 is 1.95. The summed E-state index contributed by atoms with van der Waals surface area (Å²) in [5.41, 5.74) is 3.24. The summed E-state index contributed by atoms with van der Waals surface area (Å²) in [6.45, 7) is 8.86. The van der Waals surface area contributed by atoms with Crippen molar-refractivity contribution < 1.29 is 4.74 Å². The van der Waals surface area contributed by atoms with Crippen molar-refractivity contribution in [2.75, 3.05) is 19.8 Å². The lowest BCUT2D eigenvalue weighted by Crippen LogP contribution is -2.50. The van der Waals surface area contributed by atoms with Crippen molar-refractivity contribution in [1.29, 1.82) is 0 Å². The van der Waals surface area contributed by atoms with E-state index >= 15 is 0 Å². The van der Waals surface area contributed by atoms with E-state index in [0.29, 0.717) is 12.0 Å². The summed E-state index contributed by atoms with van der Waals surface area (Å²) in [6, 6.07) is 0.692. The monoisotopic (exact) mass is 237 g/mol. The molecule has 0 atom stereocenters. The molecule has 0 spiro atoms. The van der Waals surface area contributed by atoms with Gasteiger partial charge in [-0.2, -0.15) is 0 Å². The molecule has 3 rings (SSSR count). The van der Waals surface area contributed by atoms with E-state index in [0.717, 1.165) is 19.8 Å². The molecule has 16 heavy (non-hydrogen) atoms. The second-order valence-electron chi connectivity index (χ2n) is 5.16. The fourth-order valence-electron chi connectivity index (χ4n) is 2.60. The van der Waals surface area contributed by atoms with E-state index in [4.69, 9.17) is 4.74 Å². The molecule has 0 aliphatic carbocycles. The Hall–Kier alpha value is -0.380. The number of hydrogen-bond donors (Lipinski definition) is 0. The minimum atomic E-state index is 0.679. The molecule has 88 valence electrons.